The normalized spacial score (nSPS) is 13.5. The summed E-state index contributed by atoms with van der Waals surface area (Å²) in [6.45, 7) is 5.93. The summed E-state index contributed by atoms with van der Waals surface area (Å²) in [4.78, 5) is 15.7. The van der Waals surface area contributed by atoms with E-state index in [2.05, 4.69) is 17.0 Å². The van der Waals surface area contributed by atoms with E-state index in [-0.39, 0.29) is 6.61 Å². The lowest BCUT2D eigenvalue weighted by atomic mass is 10.1. The number of hydrogen-bond acceptors (Lipinski definition) is 5. The average molecular weight is 399 g/mol. The van der Waals surface area contributed by atoms with Crippen LogP contribution < -0.4 is 15.9 Å². The Balaban J connectivity index is 1.78. The monoisotopic (exact) mass is 399 g/mol. The quantitative estimate of drug-likeness (QED) is 0.570. The van der Waals surface area contributed by atoms with Gasteiger partial charge in [0.25, 0.3) is 0 Å². The van der Waals surface area contributed by atoms with Crippen LogP contribution in [0.25, 0.3) is 5.70 Å². The molecular weight excluding hydrogens is 378 g/mol. The summed E-state index contributed by atoms with van der Waals surface area (Å²) in [7, 11) is 0. The van der Waals surface area contributed by atoms with Crippen LogP contribution in [0.3, 0.4) is 0 Å². The number of nitriles is 1. The molecule has 150 valence electrons. The number of allylic oxidation sites excluding steroid dienone is 3. The molecule has 7 nitrogen and oxygen atoms in total. The predicted octanol–water partition coefficient (Wildman–Crippen LogP) is 3.67. The van der Waals surface area contributed by atoms with Crippen LogP contribution in [-0.4, -0.2) is 23.4 Å². The molecule has 0 spiro atoms. The highest BCUT2D eigenvalue weighted by Crippen LogP contribution is 2.27. The number of amides is 1. The zero-order chi connectivity index (χ0) is 21.5. The maximum absolute atomic E-state index is 11.2. The van der Waals surface area contributed by atoms with Gasteiger partial charge in [0.2, 0.25) is 5.91 Å². The van der Waals surface area contributed by atoms with Crippen LogP contribution >= 0.6 is 0 Å². The Labute approximate surface area is 175 Å². The largest absolute Gasteiger partial charge is 0.479 e. The third kappa shape index (κ3) is 4.94. The van der Waals surface area contributed by atoms with E-state index in [1.54, 1.807) is 24.3 Å². The summed E-state index contributed by atoms with van der Waals surface area (Å²) in [6.07, 6.45) is 5.77. The van der Waals surface area contributed by atoms with E-state index in [9.17, 15) is 4.79 Å². The lowest BCUT2D eigenvalue weighted by Gasteiger charge is -2.31. The third-order valence-electron chi connectivity index (χ3n) is 4.25. The summed E-state index contributed by atoms with van der Waals surface area (Å²) in [6, 6.07) is 16.1. The molecule has 1 amide bonds. The average Bonchev–Trinajstić information content (AvgIpc) is 2.74. The van der Waals surface area contributed by atoms with Crippen LogP contribution in [-0.2, 0) is 0 Å². The maximum atomic E-state index is 11.2. The number of aliphatic imine (C=N–C) groups is 1. The molecule has 0 bridgehead atoms. The first-order chi connectivity index (χ1) is 14.5. The molecule has 1 aliphatic rings. The zero-order valence-corrected chi connectivity index (χ0v) is 16.5. The Morgan fingerprint density at radius 2 is 1.93 bits per heavy atom. The number of benzene rings is 2. The minimum atomic E-state index is -0.476. The van der Waals surface area contributed by atoms with Gasteiger partial charge in [-0.3, -0.25) is 15.2 Å². The summed E-state index contributed by atoms with van der Waals surface area (Å²) >= 11 is 0. The molecule has 0 aromatic heterocycles. The highest BCUT2D eigenvalue weighted by Gasteiger charge is 2.17. The summed E-state index contributed by atoms with van der Waals surface area (Å²) in [5.41, 5.74) is 12.2. The minimum Gasteiger partial charge on any atom is -0.479 e. The second-order valence-electron chi connectivity index (χ2n) is 6.43. The Bertz CT molecular complexity index is 1070. The predicted molar refractivity (Wildman–Crippen MR) is 117 cm³/mol. The van der Waals surface area contributed by atoms with Gasteiger partial charge in [0.05, 0.1) is 17.1 Å². The Kier molecular flexibility index (Phi) is 6.30. The van der Waals surface area contributed by atoms with Crippen molar-refractivity contribution in [1.82, 2.24) is 10.4 Å². The first-order valence-electron chi connectivity index (χ1n) is 9.17. The molecule has 2 aromatic carbocycles. The number of amidine groups is 1. The summed E-state index contributed by atoms with van der Waals surface area (Å²) in [5.74, 6) is 0.788. The van der Waals surface area contributed by atoms with E-state index in [0.717, 1.165) is 17.0 Å². The molecule has 3 N–H and O–H groups in total. The number of carbonyl (C=O) groups is 1. The zero-order valence-electron chi connectivity index (χ0n) is 16.5. The van der Waals surface area contributed by atoms with Gasteiger partial charge < -0.3 is 10.5 Å². The van der Waals surface area contributed by atoms with Gasteiger partial charge in [-0.15, -0.1) is 0 Å². The molecule has 0 saturated heterocycles. The number of nitrogens with one attached hydrogen (secondary N) is 1. The first-order valence-corrected chi connectivity index (χ1v) is 9.17. The Morgan fingerprint density at radius 3 is 2.57 bits per heavy atom. The van der Waals surface area contributed by atoms with Gasteiger partial charge in [0, 0.05) is 11.1 Å². The number of nitrogens with two attached hydrogens (primary N) is 1. The van der Waals surface area contributed by atoms with Gasteiger partial charge in [-0.2, -0.15) is 5.26 Å². The first kappa shape index (κ1) is 20.4. The van der Waals surface area contributed by atoms with Crippen molar-refractivity contribution < 1.29 is 9.53 Å². The van der Waals surface area contributed by atoms with Crippen LogP contribution in [0, 0.1) is 11.3 Å². The molecule has 0 radical (unpaired) electrons. The number of primary amides is 1. The van der Waals surface area contributed by atoms with Crippen molar-refractivity contribution >= 4 is 23.1 Å². The molecular formula is C23H21N5O2. The van der Waals surface area contributed by atoms with Crippen LogP contribution in [0.15, 0.2) is 84.0 Å². The smallest absolute Gasteiger partial charge is 0.248 e. The van der Waals surface area contributed by atoms with Crippen molar-refractivity contribution in [2.24, 2.45) is 10.7 Å². The fourth-order valence-corrected chi connectivity index (χ4v) is 2.83. The van der Waals surface area contributed by atoms with E-state index in [0.29, 0.717) is 22.8 Å². The second kappa shape index (κ2) is 9.26. The number of rotatable bonds is 6. The van der Waals surface area contributed by atoms with Crippen LogP contribution in [0.5, 0.6) is 5.75 Å². The van der Waals surface area contributed by atoms with Gasteiger partial charge in [-0.1, -0.05) is 12.7 Å². The number of nitrogens with zero attached hydrogens (tertiary/aromatic N) is 3. The number of hydrazine groups is 1. The molecule has 30 heavy (non-hydrogen) atoms. The molecule has 3 rings (SSSR count). The maximum Gasteiger partial charge on any atom is 0.248 e. The summed E-state index contributed by atoms with van der Waals surface area (Å²) < 4.78 is 5.31. The number of ether oxygens (including phenoxy) is 1. The fourth-order valence-electron chi connectivity index (χ4n) is 2.83. The van der Waals surface area contributed by atoms with Crippen LogP contribution in [0.1, 0.15) is 22.8 Å². The lowest BCUT2D eigenvalue weighted by Crippen LogP contribution is -2.39. The number of carbonyl (C=O) groups excluding carboxylic acids is 1. The van der Waals surface area contributed by atoms with E-state index >= 15 is 0 Å². The van der Waals surface area contributed by atoms with Gasteiger partial charge in [-0.05, 0) is 67.6 Å². The summed E-state index contributed by atoms with van der Waals surface area (Å²) in [5, 5.41) is 10.5. The molecule has 0 fully saturated rings. The molecule has 0 aliphatic carbocycles. The molecule has 2 aromatic rings. The minimum absolute atomic E-state index is 0.00530. The topological polar surface area (TPSA) is 104 Å². The molecule has 7 heteroatoms. The second-order valence-corrected chi connectivity index (χ2v) is 6.43. The SMILES string of the molecule is C=C1C=CC=C(c2ccc(OCC#N)cc2)N1NC(C)=Nc1ccc(C(N)=O)cc1. The fraction of sp³-hybridized carbons (Fsp3) is 0.0870. The Hall–Kier alpha value is -4.31. The van der Waals surface area contributed by atoms with Gasteiger partial charge >= 0.3 is 0 Å². The number of hydrogen-bond donors (Lipinski definition) is 2. The molecule has 1 aliphatic heterocycles. The van der Waals surface area contributed by atoms with Crippen molar-refractivity contribution in [1.29, 1.82) is 5.26 Å². The van der Waals surface area contributed by atoms with Gasteiger partial charge in [0.1, 0.15) is 17.7 Å². The van der Waals surface area contributed by atoms with E-state index in [4.69, 9.17) is 15.7 Å². The lowest BCUT2D eigenvalue weighted by molar-refractivity contribution is 0.100. The Morgan fingerprint density at radius 1 is 1.23 bits per heavy atom. The van der Waals surface area contributed by atoms with Gasteiger partial charge in [0.15, 0.2) is 6.61 Å². The van der Waals surface area contributed by atoms with Crippen molar-refractivity contribution in [3.05, 3.63) is 90.2 Å². The molecule has 0 atom stereocenters. The van der Waals surface area contributed by atoms with Crippen molar-refractivity contribution in [2.45, 2.75) is 6.92 Å². The van der Waals surface area contributed by atoms with Crippen LogP contribution in [0.4, 0.5) is 5.69 Å². The van der Waals surface area contributed by atoms with Crippen molar-refractivity contribution in [2.75, 3.05) is 6.61 Å². The van der Waals surface area contributed by atoms with Crippen LogP contribution in [0.2, 0.25) is 0 Å². The van der Waals surface area contributed by atoms with E-state index < -0.39 is 5.91 Å². The van der Waals surface area contributed by atoms with E-state index in [1.807, 2.05) is 60.5 Å². The molecule has 1 heterocycles. The molecule has 0 saturated carbocycles. The third-order valence-corrected chi connectivity index (χ3v) is 4.25. The highest BCUT2D eigenvalue weighted by atomic mass is 16.5. The molecule has 0 unspecified atom stereocenters. The standard InChI is InChI=1S/C23H21N5O2/c1-16-4-3-5-22(18-8-12-21(13-9-18)30-15-14-24)28(16)27-17(2)26-20-10-6-19(7-11-20)23(25)29/h3-13H,1,15H2,2H3,(H2,25,29)(H,26,27). The van der Waals surface area contributed by atoms with Crippen molar-refractivity contribution in [3.63, 3.8) is 0 Å². The van der Waals surface area contributed by atoms with Crippen molar-refractivity contribution in [3.8, 4) is 11.8 Å². The highest BCUT2D eigenvalue weighted by molar-refractivity contribution is 5.93. The van der Waals surface area contributed by atoms with Gasteiger partial charge in [-0.25, -0.2) is 4.99 Å². The van der Waals surface area contributed by atoms with E-state index in [1.165, 1.54) is 0 Å².